The monoisotopic (exact) mass is 605 g/mol. The molecule has 2 fully saturated rings. The highest BCUT2D eigenvalue weighted by molar-refractivity contribution is 5.90. The van der Waals surface area contributed by atoms with E-state index < -0.39 is 78.7 Å². The van der Waals surface area contributed by atoms with Crippen LogP contribution in [-0.4, -0.2) is 110 Å². The van der Waals surface area contributed by atoms with Crippen molar-refractivity contribution in [3.63, 3.8) is 0 Å². The minimum atomic E-state index is -2.28. The fourth-order valence-corrected chi connectivity index (χ4v) is 7.41. The van der Waals surface area contributed by atoms with E-state index in [4.69, 9.17) is 18.9 Å². The van der Waals surface area contributed by atoms with E-state index >= 15 is 0 Å². The smallest absolute Gasteiger partial charge is 0.333 e. The normalized spacial score (nSPS) is 36.6. The predicted octanol–water partition coefficient (Wildman–Crippen LogP) is -1.44. The molecule has 13 nitrogen and oxygen atoms in total. The fraction of sp³-hybridized carbons (Fsp3) is 0.600. The molecule has 5 rings (SSSR count). The van der Waals surface area contributed by atoms with Crippen LogP contribution < -0.4 is 10.6 Å². The number of H-pyrrole nitrogens is 1. The maximum absolute atomic E-state index is 12.5. The average Bonchev–Trinajstić information content (AvgIpc) is 3.49. The molecule has 1 spiro atoms. The van der Waals surface area contributed by atoms with E-state index in [0.29, 0.717) is 29.5 Å². The van der Waals surface area contributed by atoms with Gasteiger partial charge in [-0.2, -0.15) is 0 Å². The zero-order valence-electron chi connectivity index (χ0n) is 23.9. The van der Waals surface area contributed by atoms with E-state index in [1.807, 2.05) is 6.07 Å². The summed E-state index contributed by atoms with van der Waals surface area (Å²) in [6.07, 6.45) is 0.966. The molecule has 1 saturated heterocycles. The molecule has 7 N–H and O–H groups in total. The highest BCUT2D eigenvalue weighted by Gasteiger charge is 2.75. The van der Waals surface area contributed by atoms with Gasteiger partial charge in [0.2, 0.25) is 5.79 Å². The Kier molecular flexibility index (Phi) is 8.62. The summed E-state index contributed by atoms with van der Waals surface area (Å²) < 4.78 is 24.0. The lowest BCUT2D eigenvalue weighted by Gasteiger charge is -2.64. The van der Waals surface area contributed by atoms with E-state index in [9.17, 15) is 40.2 Å². The highest BCUT2D eigenvalue weighted by atomic mass is 16.7. The largest absolute Gasteiger partial charge is 0.481 e. The van der Waals surface area contributed by atoms with Gasteiger partial charge in [0.15, 0.2) is 11.2 Å². The third-order valence-electron chi connectivity index (χ3n) is 9.43. The van der Waals surface area contributed by atoms with Crippen molar-refractivity contribution < 1.29 is 59.2 Å². The maximum Gasteiger partial charge on any atom is 0.333 e. The molecule has 43 heavy (non-hydrogen) atoms. The number of hydrogen-bond acceptors (Lipinski definition) is 11. The summed E-state index contributed by atoms with van der Waals surface area (Å²) in [6, 6.07) is 1.81. The number of rotatable bonds is 11. The molecule has 1 aromatic heterocycles. The summed E-state index contributed by atoms with van der Waals surface area (Å²) in [5.74, 6) is -5.42. The van der Waals surface area contributed by atoms with Crippen LogP contribution in [0, 0.1) is 11.8 Å². The quantitative estimate of drug-likeness (QED) is 0.114. The van der Waals surface area contributed by atoms with Gasteiger partial charge in [0, 0.05) is 41.9 Å². The lowest BCUT2D eigenvalue weighted by atomic mass is 9.61. The number of carbonyl (C=O) groups excluding carboxylic acids is 1. The number of aliphatic hydroxyl groups excluding tert-OH is 4. The van der Waals surface area contributed by atoms with E-state index in [2.05, 4.69) is 11.6 Å². The molecule has 2 aliphatic heterocycles. The Labute approximate surface area is 247 Å². The summed E-state index contributed by atoms with van der Waals surface area (Å²) in [4.78, 5) is 27.4. The van der Waals surface area contributed by atoms with Crippen molar-refractivity contribution in [2.24, 2.45) is 11.8 Å². The second kappa shape index (κ2) is 11.8. The van der Waals surface area contributed by atoms with Crippen LogP contribution in [-0.2, 0) is 28.5 Å². The molecule has 3 heterocycles. The number of esters is 1. The number of aromatic nitrogens is 1. The Hall–Kier alpha value is -3.04. The Balaban J connectivity index is 1.57. The molecule has 4 aliphatic rings. The van der Waals surface area contributed by atoms with Crippen molar-refractivity contribution in [1.29, 1.82) is 0 Å². The van der Waals surface area contributed by atoms with Crippen LogP contribution in [0.4, 0.5) is 0 Å². The summed E-state index contributed by atoms with van der Waals surface area (Å²) >= 11 is 0. The number of ether oxygens (including phenoxy) is 4. The van der Waals surface area contributed by atoms with Gasteiger partial charge in [-0.05, 0) is 37.3 Å². The molecule has 0 aromatic carbocycles. The first-order valence-corrected chi connectivity index (χ1v) is 14.4. The van der Waals surface area contributed by atoms with Gasteiger partial charge in [-0.25, -0.2) is 4.79 Å². The molecule has 13 heteroatoms. The Bertz CT molecular complexity index is 1420. The van der Waals surface area contributed by atoms with Crippen molar-refractivity contribution in [2.45, 2.75) is 73.8 Å². The van der Waals surface area contributed by atoms with Crippen LogP contribution >= 0.6 is 0 Å². The van der Waals surface area contributed by atoms with Crippen molar-refractivity contribution in [2.75, 3.05) is 26.9 Å². The summed E-state index contributed by atoms with van der Waals surface area (Å²) in [5.41, 5.74) is -3.25. The Morgan fingerprint density at radius 2 is 2.05 bits per heavy atom. The average molecular weight is 606 g/mol. The van der Waals surface area contributed by atoms with Crippen molar-refractivity contribution in [3.05, 3.63) is 47.1 Å². The Morgan fingerprint density at radius 1 is 1.28 bits per heavy atom. The molecule has 8 atom stereocenters. The molecule has 1 saturated carbocycles. The van der Waals surface area contributed by atoms with Crippen LogP contribution in [0.2, 0.25) is 0 Å². The number of fused-ring (bicyclic) bond motifs is 2. The van der Waals surface area contributed by atoms with Gasteiger partial charge in [0.1, 0.15) is 24.6 Å². The van der Waals surface area contributed by atoms with Crippen LogP contribution in [0.5, 0.6) is 0 Å². The van der Waals surface area contributed by atoms with Gasteiger partial charge in [-0.15, -0.1) is 6.58 Å². The van der Waals surface area contributed by atoms with Crippen LogP contribution in [0.1, 0.15) is 38.5 Å². The predicted molar refractivity (Wildman–Crippen MR) is 148 cm³/mol. The van der Waals surface area contributed by atoms with Gasteiger partial charge >= 0.3 is 11.9 Å². The molecule has 0 amide bonds. The third-order valence-corrected chi connectivity index (χ3v) is 9.43. The third kappa shape index (κ3) is 4.65. The molecular weight excluding hydrogens is 566 g/mol. The second-order valence-corrected chi connectivity index (χ2v) is 11.5. The second-order valence-electron chi connectivity index (χ2n) is 11.5. The number of aliphatic hydroxyl groups is 5. The number of nitrogens with one attached hydrogen (secondary N) is 1. The number of hydrogen-bond donors (Lipinski definition) is 7. The minimum absolute atomic E-state index is 0.0448. The van der Waals surface area contributed by atoms with Gasteiger partial charge in [-0.3, -0.25) is 4.79 Å². The van der Waals surface area contributed by atoms with E-state index in [-0.39, 0.29) is 31.4 Å². The van der Waals surface area contributed by atoms with Gasteiger partial charge in [0.25, 0.3) is 0 Å². The molecule has 236 valence electrons. The molecule has 1 aromatic rings. The van der Waals surface area contributed by atoms with E-state index in [0.717, 1.165) is 5.22 Å². The zero-order chi connectivity index (χ0) is 31.2. The molecular formula is C30H39NO12. The van der Waals surface area contributed by atoms with Gasteiger partial charge in [-0.1, -0.05) is 12.2 Å². The molecule has 2 aliphatic carbocycles. The number of carboxylic acid groups (broad SMARTS) is 1. The number of methoxy groups -OCH3 is 1. The zero-order valence-corrected chi connectivity index (χ0v) is 23.9. The van der Waals surface area contributed by atoms with Gasteiger partial charge in [0.05, 0.1) is 31.6 Å². The van der Waals surface area contributed by atoms with E-state index in [1.54, 1.807) is 6.20 Å². The van der Waals surface area contributed by atoms with Crippen LogP contribution in [0.3, 0.4) is 0 Å². The van der Waals surface area contributed by atoms with Crippen molar-refractivity contribution in [3.8, 4) is 0 Å². The highest BCUT2D eigenvalue weighted by Crippen LogP contribution is 2.57. The number of aliphatic carboxylic acids is 1. The van der Waals surface area contributed by atoms with Crippen LogP contribution in [0.25, 0.3) is 11.3 Å². The minimum Gasteiger partial charge on any atom is -0.481 e. The standard InChI is InChI=1S/C30H39NO12/c1-3-16-19(13-24(35)36)17(26(37)40-2)6-7-21(16)41-29(15-34)28(39)10-8-20-18-9-11-31-25(18)22(5-4-12-32)42-30(20,27(28)38)23(14-33)43-29/h3,6,9,11,16,19,21,23,27,31-34,38-39H,1,4-5,7-8,10,12-15H2,2H3,(H,35,36)/t16-,19+,21-,23-,27-,28-,29-,30-/m1/s1. The first kappa shape index (κ1) is 31.4. The van der Waals surface area contributed by atoms with Crippen molar-refractivity contribution in [1.82, 2.24) is 4.98 Å². The Morgan fingerprint density at radius 3 is 2.67 bits per heavy atom. The molecule has 0 unspecified atom stereocenters. The summed E-state index contributed by atoms with van der Waals surface area (Å²) in [6.45, 7) is 2.10. The number of carboxylic acids is 1. The molecule has 2 bridgehead atoms. The maximum atomic E-state index is 12.5. The van der Waals surface area contributed by atoms with Crippen molar-refractivity contribution >= 4 is 23.3 Å². The van der Waals surface area contributed by atoms with E-state index in [1.165, 1.54) is 19.3 Å². The fourth-order valence-electron chi connectivity index (χ4n) is 7.41. The SMILES string of the molecule is C=C[C@@H]1[C@H](CC(=O)O)C(C(=O)OC)=CC[C@H]1O[C@]1(CO)O[C@H](CO)[C@]23OC(CCCO)=c4[nH]ccc4=C2CC[C@@]1(O)[C@H]3O. The lowest BCUT2D eigenvalue weighted by molar-refractivity contribution is -0.434. The van der Waals surface area contributed by atoms with Crippen LogP contribution in [0.15, 0.2) is 36.6 Å². The number of carbonyl (C=O) groups is 2. The number of aromatic amines is 1. The first-order valence-electron chi connectivity index (χ1n) is 14.4. The first-order chi connectivity index (χ1) is 20.6. The molecule has 0 radical (unpaired) electrons. The lowest BCUT2D eigenvalue weighted by Crippen LogP contribution is -2.83. The topological polar surface area (TPSA) is 208 Å². The van der Waals surface area contributed by atoms with Gasteiger partial charge < -0.3 is 54.6 Å². The summed E-state index contributed by atoms with van der Waals surface area (Å²) in [7, 11) is 1.19. The summed E-state index contributed by atoms with van der Waals surface area (Å²) in [5, 5.41) is 66.3.